The van der Waals surface area contributed by atoms with E-state index in [1.807, 2.05) is 25.1 Å². The molecule has 9 rings (SSSR count). The van der Waals surface area contributed by atoms with Crippen molar-refractivity contribution in [3.05, 3.63) is 124 Å². The lowest BCUT2D eigenvalue weighted by Gasteiger charge is -2.44. The van der Waals surface area contributed by atoms with Crippen molar-refractivity contribution < 1.29 is 51.4 Å². The number of likely N-dealkylation sites (N-methyl/N-ethyl adjacent to an activating group) is 1. The van der Waals surface area contributed by atoms with Crippen LogP contribution >= 0.6 is 37.2 Å². The summed E-state index contributed by atoms with van der Waals surface area (Å²) < 4.78 is 55.3. The highest BCUT2D eigenvalue weighted by atomic mass is 35.5. The largest absolute Gasteiger partial charge is 0.383 e. The average molecular weight is 1200 g/mol. The van der Waals surface area contributed by atoms with Crippen LogP contribution in [0.15, 0.2) is 78.9 Å². The van der Waals surface area contributed by atoms with Crippen LogP contribution < -0.4 is 31.9 Å². The molecule has 1 unspecified atom stereocenters. The van der Waals surface area contributed by atoms with Crippen LogP contribution in [0.3, 0.4) is 0 Å². The first kappa shape index (κ1) is 65.3. The minimum Gasteiger partial charge on any atom is -0.383 e. The molecule has 18 nitrogen and oxygen atoms in total. The van der Waals surface area contributed by atoms with Gasteiger partial charge in [-0.05, 0) is 130 Å². The Kier molecular flexibility index (Phi) is 22.8. The van der Waals surface area contributed by atoms with Gasteiger partial charge >= 0.3 is 0 Å². The van der Waals surface area contributed by atoms with E-state index in [0.29, 0.717) is 82.1 Å². The standard InChI is InChI=1S/C58H71F3N10O8.3ClH/c1-34-27-69(43(26-63-34)29-68-19-22-79-32-35(68)2)31-50(73)70(57(77)58(4)33-64-48-24-38(11-16-45(48)58)23-37-9-13-41(59)14-10-37)30-49(72)65-42-15-12-40-28-71(53(44(40)25-42)55(75)67-52-46(60)7-6-8-47(52)61)56(76)51(39-17-20-78-21-18-39)66-54(74)36(3)62-5;;;/h6-16,24-25,34-36,39,43,51,53,62-64H,17-23,26-33H2,1-5H3,(H,65,72)(H,66,74)(H,67,75);3*1H/t34-,35-,36+,43-,51+,53+,58?;;;/m1.../s1. The van der Waals surface area contributed by atoms with Gasteiger partial charge in [-0.15, -0.1) is 37.2 Å². The number of carbonyl (C=O) groups excluding carboxylic acids is 6. The van der Waals surface area contributed by atoms with Gasteiger partial charge in [0.15, 0.2) is 0 Å². The Hall–Kier alpha value is -5.88. The molecule has 3 fully saturated rings. The fourth-order valence-corrected chi connectivity index (χ4v) is 11.4. The van der Waals surface area contributed by atoms with Crippen LogP contribution in [0, 0.1) is 23.4 Å². The molecule has 5 aliphatic heterocycles. The molecule has 24 heteroatoms. The normalized spacial score (nSPS) is 22.3. The number of morpholine rings is 1. The summed E-state index contributed by atoms with van der Waals surface area (Å²) in [6, 6.07) is 16.5. The molecule has 5 aliphatic rings. The van der Waals surface area contributed by atoms with Crippen LogP contribution in [0.2, 0.25) is 0 Å². The van der Waals surface area contributed by atoms with Crippen LogP contribution in [0.1, 0.15) is 74.4 Å². The Morgan fingerprint density at radius 2 is 1.56 bits per heavy atom. The number of nitrogens with zero attached hydrogens (tertiary/aromatic N) is 4. The zero-order valence-electron chi connectivity index (χ0n) is 46.6. The molecular weight excluding hydrogens is 1130 g/mol. The van der Waals surface area contributed by atoms with Gasteiger partial charge in [0.05, 0.1) is 31.2 Å². The Morgan fingerprint density at radius 3 is 2.26 bits per heavy atom. The lowest BCUT2D eigenvalue weighted by atomic mass is 9.82. The maximum Gasteiger partial charge on any atom is 0.252 e. The van der Waals surface area contributed by atoms with E-state index in [2.05, 4.69) is 48.6 Å². The van der Waals surface area contributed by atoms with E-state index >= 15 is 18.4 Å². The van der Waals surface area contributed by atoms with Gasteiger partial charge in [0.1, 0.15) is 41.8 Å². The van der Waals surface area contributed by atoms with Gasteiger partial charge in [0.2, 0.25) is 29.5 Å². The number of carbonyl (C=O) groups is 6. The summed E-state index contributed by atoms with van der Waals surface area (Å²) in [5.41, 5.74) is 2.00. The van der Waals surface area contributed by atoms with Crippen molar-refractivity contribution in [1.29, 1.82) is 0 Å². The van der Waals surface area contributed by atoms with Crippen LogP contribution in [0.4, 0.5) is 30.2 Å². The maximum atomic E-state index is 15.3. The van der Waals surface area contributed by atoms with E-state index in [4.69, 9.17) is 9.47 Å². The molecular formula is C58H74Cl3F3N10O8. The van der Waals surface area contributed by atoms with Gasteiger partial charge in [0, 0.05) is 82.0 Å². The van der Waals surface area contributed by atoms with Gasteiger partial charge < -0.3 is 46.3 Å². The van der Waals surface area contributed by atoms with E-state index < -0.39 is 82.9 Å². The van der Waals surface area contributed by atoms with Crippen LogP contribution in [-0.4, -0.2) is 165 Å². The van der Waals surface area contributed by atoms with Crippen molar-refractivity contribution in [2.24, 2.45) is 5.92 Å². The van der Waals surface area contributed by atoms with E-state index in [1.165, 1.54) is 23.1 Å². The molecule has 0 bridgehead atoms. The molecule has 7 atom stereocenters. The van der Waals surface area contributed by atoms with Crippen molar-refractivity contribution in [1.82, 2.24) is 35.6 Å². The Labute approximate surface area is 494 Å². The molecule has 0 aromatic heterocycles. The Balaban J connectivity index is 0.00000360. The maximum absolute atomic E-state index is 15.3. The summed E-state index contributed by atoms with van der Waals surface area (Å²) in [5.74, 6) is -6.71. The molecule has 4 aromatic rings. The van der Waals surface area contributed by atoms with E-state index in [-0.39, 0.29) is 98.0 Å². The van der Waals surface area contributed by atoms with Gasteiger partial charge in [-0.3, -0.25) is 43.5 Å². The third kappa shape index (κ3) is 14.7. The van der Waals surface area contributed by atoms with Gasteiger partial charge in [-0.2, -0.15) is 0 Å². The summed E-state index contributed by atoms with van der Waals surface area (Å²) in [6.07, 6.45) is 1.38. The smallest absolute Gasteiger partial charge is 0.252 e. The van der Waals surface area contributed by atoms with Crippen molar-refractivity contribution in [2.75, 3.05) is 95.2 Å². The van der Waals surface area contributed by atoms with Gasteiger partial charge in [-0.25, -0.2) is 13.2 Å². The molecule has 82 heavy (non-hydrogen) atoms. The number of ether oxygens (including phenoxy) is 2. The molecule has 4 aromatic carbocycles. The van der Waals surface area contributed by atoms with Crippen molar-refractivity contribution in [3.63, 3.8) is 0 Å². The predicted octanol–water partition coefficient (Wildman–Crippen LogP) is 5.56. The lowest BCUT2D eigenvalue weighted by molar-refractivity contribution is -0.151. The topological polar surface area (TPSA) is 206 Å². The quantitative estimate of drug-likeness (QED) is 0.0768. The average Bonchev–Trinajstić information content (AvgIpc) is 4.13. The van der Waals surface area contributed by atoms with Crippen LogP contribution in [0.25, 0.3) is 0 Å². The predicted molar refractivity (Wildman–Crippen MR) is 312 cm³/mol. The molecule has 3 saturated heterocycles. The molecule has 6 N–H and O–H groups in total. The summed E-state index contributed by atoms with van der Waals surface area (Å²) in [7, 11) is 1.61. The molecule has 5 heterocycles. The number of imide groups is 1. The first-order valence-corrected chi connectivity index (χ1v) is 27.2. The zero-order chi connectivity index (χ0) is 56.1. The summed E-state index contributed by atoms with van der Waals surface area (Å²) in [6.45, 7) is 11.0. The SMILES string of the molecule is CN[C@@H](C)C(=O)N[C@H](C(=O)N1Cc2ccc(NC(=O)CN(C(=O)CN3C[C@@H](C)NC[C@@H]3CN3CCOC[C@H]3C)C(=O)C3(C)CNc4cc(Cc5ccc(F)cc5)ccc43)cc2[C@H]1C(=O)Nc1c(F)cccc1F)C1CCOCC1.Cl.Cl.Cl. The second-order valence-electron chi connectivity index (χ2n) is 21.8. The first-order chi connectivity index (χ1) is 37.9. The summed E-state index contributed by atoms with van der Waals surface area (Å²) >= 11 is 0. The number of fused-ring (bicyclic) bond motifs is 2. The minimum atomic E-state index is -1.50. The highest BCUT2D eigenvalue weighted by molar-refractivity contribution is 6.07. The monoisotopic (exact) mass is 1200 g/mol. The van der Waals surface area contributed by atoms with E-state index in [1.54, 1.807) is 45.2 Å². The number of piperazine rings is 1. The molecule has 0 aliphatic carbocycles. The Bertz CT molecular complexity index is 2930. The van der Waals surface area contributed by atoms with Gasteiger partial charge in [-0.1, -0.05) is 36.4 Å². The lowest BCUT2D eigenvalue weighted by Crippen LogP contribution is -2.63. The van der Waals surface area contributed by atoms with Crippen molar-refractivity contribution in [2.45, 2.75) is 95.2 Å². The number of anilines is 3. The van der Waals surface area contributed by atoms with Gasteiger partial charge in [0.25, 0.3) is 5.91 Å². The second kappa shape index (κ2) is 28.6. The number of para-hydroxylation sites is 1. The highest BCUT2D eigenvalue weighted by Gasteiger charge is 2.48. The fraction of sp³-hybridized carbons (Fsp3) is 0.483. The third-order valence-corrected chi connectivity index (χ3v) is 16.2. The molecule has 6 amide bonds. The second-order valence-corrected chi connectivity index (χ2v) is 21.8. The summed E-state index contributed by atoms with van der Waals surface area (Å²) in [4.78, 5) is 94.4. The third-order valence-electron chi connectivity index (χ3n) is 16.2. The molecule has 0 radical (unpaired) electrons. The summed E-state index contributed by atoms with van der Waals surface area (Å²) in [5, 5.41) is 17.9. The molecule has 0 saturated carbocycles. The number of hydrogen-bond donors (Lipinski definition) is 6. The number of hydrogen-bond acceptors (Lipinski definition) is 13. The van der Waals surface area contributed by atoms with E-state index in [0.717, 1.165) is 40.8 Å². The number of nitrogens with one attached hydrogen (secondary N) is 6. The van der Waals surface area contributed by atoms with Crippen LogP contribution in [0.5, 0.6) is 0 Å². The molecule has 446 valence electrons. The first-order valence-electron chi connectivity index (χ1n) is 27.2. The number of amides is 6. The number of halogens is 6. The zero-order valence-corrected chi connectivity index (χ0v) is 49.0. The fourth-order valence-electron chi connectivity index (χ4n) is 11.4. The Morgan fingerprint density at radius 1 is 0.854 bits per heavy atom. The van der Waals surface area contributed by atoms with E-state index in [9.17, 15) is 23.6 Å². The molecule has 0 spiro atoms. The minimum absolute atomic E-state index is 0. The van der Waals surface area contributed by atoms with Crippen LogP contribution in [-0.2, 0) is 56.6 Å². The van der Waals surface area contributed by atoms with Crippen molar-refractivity contribution in [3.8, 4) is 0 Å². The number of rotatable bonds is 17. The number of benzene rings is 4. The van der Waals surface area contributed by atoms with Crippen molar-refractivity contribution >= 4 is 89.7 Å². The highest BCUT2D eigenvalue weighted by Crippen LogP contribution is 2.41.